The Bertz CT molecular complexity index is 2280. The Morgan fingerprint density at radius 2 is 1.78 bits per heavy atom. The molecule has 4 saturated heterocycles. The van der Waals surface area contributed by atoms with Crippen LogP contribution in [0.25, 0.3) is 10.4 Å². The van der Waals surface area contributed by atoms with Crippen LogP contribution in [0.1, 0.15) is 41.8 Å². The number of hydrogen-bond donors (Lipinski definition) is 3. The van der Waals surface area contributed by atoms with E-state index >= 15 is 0 Å². The molecule has 5 aliphatic heterocycles. The largest absolute Gasteiger partial charge is 0.477 e. The molecule has 17 heteroatoms. The number of hydrogen-bond acceptors (Lipinski definition) is 9. The molecular formula is C41H50N7O8S2+3. The number of aliphatic carboxylic acids is 1. The molecule has 4 aromatic rings. The molecule has 306 valence electrons. The number of carbonyl (C=O) groups is 3. The molecule has 4 fully saturated rings. The number of carboxylic acid groups (broad SMARTS) is 1. The van der Waals surface area contributed by atoms with E-state index in [-0.39, 0.29) is 35.9 Å². The summed E-state index contributed by atoms with van der Waals surface area (Å²) in [5.74, 6) is -2.26. The van der Waals surface area contributed by atoms with Crippen molar-refractivity contribution in [2.24, 2.45) is 11.8 Å². The summed E-state index contributed by atoms with van der Waals surface area (Å²) in [6.45, 7) is 13.6. The minimum atomic E-state index is -1.12. The van der Waals surface area contributed by atoms with Crippen LogP contribution in [0.5, 0.6) is 0 Å². The Kier molecular flexibility index (Phi) is 10.9. The molecule has 2 amide bonds. The maximum atomic E-state index is 12.9. The third-order valence-electron chi connectivity index (χ3n) is 12.8. The highest BCUT2D eigenvalue weighted by molar-refractivity contribution is 7.98. The fraction of sp³-hybridized carbons (Fsp3) is 0.463. The molecule has 15 nitrogen and oxygen atoms in total. The number of nitrogens with zero attached hydrogens (tertiary/aromatic N) is 6. The summed E-state index contributed by atoms with van der Waals surface area (Å²) in [4.78, 5) is 51.2. The first kappa shape index (κ1) is 40.0. The van der Waals surface area contributed by atoms with Gasteiger partial charge in [-0.25, -0.2) is 14.2 Å². The van der Waals surface area contributed by atoms with Gasteiger partial charge in [0.05, 0.1) is 34.4 Å². The van der Waals surface area contributed by atoms with Crippen LogP contribution in [0.3, 0.4) is 0 Å². The molecule has 5 aliphatic rings. The van der Waals surface area contributed by atoms with Gasteiger partial charge >= 0.3 is 12.1 Å². The van der Waals surface area contributed by atoms with E-state index in [2.05, 4.69) is 51.1 Å². The number of fused-ring (bicyclic) bond motifs is 5. The van der Waals surface area contributed by atoms with Crippen molar-refractivity contribution in [3.63, 3.8) is 0 Å². The summed E-state index contributed by atoms with van der Waals surface area (Å²) >= 11 is 3.20. The zero-order chi connectivity index (χ0) is 40.9. The second-order valence-corrected chi connectivity index (χ2v) is 18.2. The van der Waals surface area contributed by atoms with Gasteiger partial charge in [-0.2, -0.15) is 4.40 Å². The molecule has 0 aliphatic carbocycles. The van der Waals surface area contributed by atoms with Crippen LogP contribution in [0, 0.1) is 22.0 Å². The summed E-state index contributed by atoms with van der Waals surface area (Å²) in [6.07, 6.45) is 5.65. The number of quaternary nitrogens is 2. The second-order valence-electron chi connectivity index (χ2n) is 16.4. The average molecular weight is 833 g/mol. The van der Waals surface area contributed by atoms with E-state index < -0.39 is 29.0 Å². The van der Waals surface area contributed by atoms with Crippen LogP contribution in [-0.2, 0) is 34.0 Å². The molecule has 0 saturated carbocycles. The van der Waals surface area contributed by atoms with Crippen molar-refractivity contribution in [1.29, 1.82) is 0 Å². The number of nitro benzene ring substituents is 1. The molecule has 2 aromatic heterocycles. The second kappa shape index (κ2) is 15.7. The Morgan fingerprint density at radius 3 is 2.43 bits per heavy atom. The molecule has 3 N–H and O–H groups in total. The van der Waals surface area contributed by atoms with Gasteiger partial charge in [0.25, 0.3) is 12.0 Å². The van der Waals surface area contributed by atoms with Gasteiger partial charge in [-0.1, -0.05) is 48.2 Å². The lowest BCUT2D eigenvalue weighted by Crippen LogP contribution is -2.74. The quantitative estimate of drug-likeness (QED) is 0.0304. The summed E-state index contributed by atoms with van der Waals surface area (Å²) in [5.41, 5.74) is 3.94. The lowest BCUT2D eigenvalue weighted by atomic mass is 9.77. The number of nitro groups is 1. The summed E-state index contributed by atoms with van der Waals surface area (Å²) in [5, 5.41) is 35.3. The van der Waals surface area contributed by atoms with Gasteiger partial charge in [0.1, 0.15) is 70.9 Å². The summed E-state index contributed by atoms with van der Waals surface area (Å²) < 4.78 is 11.8. The van der Waals surface area contributed by atoms with Crippen molar-refractivity contribution in [2.45, 2.75) is 57.1 Å². The number of thiazole rings is 1. The normalized spacial score (nSPS) is 25.5. The highest BCUT2D eigenvalue weighted by atomic mass is 32.2. The van der Waals surface area contributed by atoms with Gasteiger partial charge in [-0.3, -0.25) is 14.9 Å². The number of aliphatic hydroxyl groups excluding tert-OH is 1. The van der Waals surface area contributed by atoms with Crippen LogP contribution in [-0.4, -0.2) is 122 Å². The van der Waals surface area contributed by atoms with Crippen molar-refractivity contribution in [3.8, 4) is 0 Å². The molecule has 0 unspecified atom stereocenters. The van der Waals surface area contributed by atoms with Crippen molar-refractivity contribution >= 4 is 57.2 Å². The van der Waals surface area contributed by atoms with E-state index in [1.807, 2.05) is 13.1 Å². The Morgan fingerprint density at radius 1 is 1.09 bits per heavy atom. The number of benzene rings is 2. The van der Waals surface area contributed by atoms with Gasteiger partial charge in [0.15, 0.2) is 0 Å². The molecular weight excluding hydrogens is 783 g/mol. The molecule has 4 atom stereocenters. The predicted octanol–water partition coefficient (Wildman–Crippen LogP) is 4.10. The molecule has 0 radical (unpaired) electrons. The standard InChI is InChI=1S/C41H48N7O8S2/c1-26-33(36(40(51)52)45-35(26)34(27(2)49)37(45)50)32-22-44-25-43(38(57-3)39(44)58-32)21-29-6-4-7-30(20-29)23-48-17-14-47(15-18-48,16-19-48)13-5-12-42-41(53)56-24-28-8-10-31(11-9-28)46(54)55/h4,6-11,20,22,25-27,34-35,49H,5,12-19,21,23-24H2,1-3H3/q+1/p+2/t26-,27+,34+,35+,47?,48?/m0/s1. The fourth-order valence-corrected chi connectivity index (χ4v) is 11.9. The smallest absolute Gasteiger partial charge is 0.407 e. The fourth-order valence-electron chi connectivity index (χ4n) is 9.71. The van der Waals surface area contributed by atoms with E-state index in [0.717, 1.165) is 82.5 Å². The Balaban J connectivity index is 0.854. The van der Waals surface area contributed by atoms with Crippen molar-refractivity contribution in [2.75, 3.05) is 58.6 Å². The van der Waals surface area contributed by atoms with Gasteiger partial charge in [-0.05, 0) is 42.5 Å². The van der Waals surface area contributed by atoms with Crippen molar-refractivity contribution in [3.05, 3.63) is 98.4 Å². The third-order valence-corrected chi connectivity index (χ3v) is 14.9. The first-order chi connectivity index (χ1) is 27.8. The average Bonchev–Trinajstić information content (AvgIpc) is 3.83. The number of thioether (sulfide) groups is 1. The number of aromatic nitrogens is 2. The first-order valence-electron chi connectivity index (χ1n) is 19.8. The highest BCUT2D eigenvalue weighted by Gasteiger charge is 2.60. The number of amides is 2. The molecule has 9 rings (SSSR count). The third kappa shape index (κ3) is 7.38. The number of aliphatic hydroxyl groups is 1. The lowest BCUT2D eigenvalue weighted by molar-refractivity contribution is -1.09. The van der Waals surface area contributed by atoms with Gasteiger partial charge in [-0.15, -0.1) is 0 Å². The van der Waals surface area contributed by atoms with Crippen molar-refractivity contribution in [1.82, 2.24) is 14.6 Å². The zero-order valence-electron chi connectivity index (χ0n) is 32.9. The van der Waals surface area contributed by atoms with Crippen LogP contribution in [0.2, 0.25) is 0 Å². The van der Waals surface area contributed by atoms with Gasteiger partial charge < -0.3 is 34.1 Å². The number of nitrogens with one attached hydrogen (secondary N) is 1. The van der Waals surface area contributed by atoms with E-state index in [1.54, 1.807) is 42.2 Å². The summed E-state index contributed by atoms with van der Waals surface area (Å²) in [6, 6.07) is 14.5. The van der Waals surface area contributed by atoms with E-state index in [1.165, 1.54) is 28.2 Å². The molecule has 2 bridgehead atoms. The van der Waals surface area contributed by atoms with Crippen LogP contribution in [0.15, 0.2) is 71.8 Å². The van der Waals surface area contributed by atoms with Crippen molar-refractivity contribution < 1.29 is 47.8 Å². The van der Waals surface area contributed by atoms with E-state index in [4.69, 9.17) is 4.74 Å². The molecule has 7 heterocycles. The van der Waals surface area contributed by atoms with Crippen LogP contribution in [0.4, 0.5) is 10.5 Å². The lowest BCUT2D eigenvalue weighted by Gasteiger charge is -2.55. The molecule has 0 spiro atoms. The predicted molar refractivity (Wildman–Crippen MR) is 217 cm³/mol. The number of rotatable bonds is 15. The molecule has 58 heavy (non-hydrogen) atoms. The van der Waals surface area contributed by atoms with E-state index in [9.17, 15) is 34.7 Å². The number of non-ortho nitro benzene ring substituents is 1. The maximum absolute atomic E-state index is 12.9. The maximum Gasteiger partial charge on any atom is 0.407 e. The SMILES string of the molecule is CSc1c2sc(C3=C(C(=O)O)N4C(=O)[C@H]([C@@H](C)O)[C@H]4[C@H]3C)cn2c[n+]1Cc1cccc(C[N+]23CC[N+](CCCNC(=O)OCc4ccc([N+](=O)[O-])cc4)(CC2)CC3)c1. The topological polar surface area (TPSA) is 168 Å². The number of alkyl carbamates (subject to hydrolysis) is 1. The minimum Gasteiger partial charge on any atom is -0.477 e. The Labute approximate surface area is 344 Å². The minimum absolute atomic E-state index is 0.00124. The number of carbonyl (C=O) groups excluding carboxylic acids is 2. The highest BCUT2D eigenvalue weighted by Crippen LogP contribution is 2.51. The van der Waals surface area contributed by atoms with Gasteiger partial charge in [0, 0.05) is 42.2 Å². The number of carboxylic acids is 1. The molecule has 2 aromatic carbocycles. The zero-order valence-corrected chi connectivity index (χ0v) is 34.5. The van der Waals surface area contributed by atoms with Gasteiger partial charge in [0.2, 0.25) is 15.8 Å². The monoisotopic (exact) mass is 832 g/mol. The van der Waals surface area contributed by atoms with E-state index in [0.29, 0.717) is 24.2 Å². The number of β-lactam (4-membered cyclic amide) rings is 1. The number of ether oxygens (including phenoxy) is 1. The first-order valence-corrected chi connectivity index (χ1v) is 21.8. The number of piperazine rings is 3. The number of imidazole rings is 1. The summed E-state index contributed by atoms with van der Waals surface area (Å²) in [7, 11) is 0. The van der Waals surface area contributed by atoms with Crippen LogP contribution >= 0.6 is 23.1 Å². The van der Waals surface area contributed by atoms with Crippen LogP contribution < -0.4 is 9.88 Å². The Hall–Kier alpha value is -4.81.